The SMILES string of the molecule is CCNC(=O)CCNC(=O)[C@H](N)Cc1ccc(O)cc1. The fourth-order valence-electron chi connectivity index (χ4n) is 1.69. The molecule has 0 heterocycles. The molecule has 6 heteroatoms. The summed E-state index contributed by atoms with van der Waals surface area (Å²) in [6.45, 7) is 2.69. The van der Waals surface area contributed by atoms with Crippen molar-refractivity contribution in [3.8, 4) is 5.75 Å². The number of nitrogens with two attached hydrogens (primary N) is 1. The van der Waals surface area contributed by atoms with E-state index in [1.54, 1.807) is 24.3 Å². The summed E-state index contributed by atoms with van der Waals surface area (Å²) in [5.74, 6) is -0.212. The second-order valence-electron chi connectivity index (χ2n) is 4.47. The summed E-state index contributed by atoms with van der Waals surface area (Å²) in [7, 11) is 0. The topological polar surface area (TPSA) is 104 Å². The number of rotatable bonds is 7. The molecular formula is C14H21N3O3. The van der Waals surface area contributed by atoms with Crippen molar-refractivity contribution in [3.05, 3.63) is 29.8 Å². The maximum absolute atomic E-state index is 11.7. The van der Waals surface area contributed by atoms with E-state index < -0.39 is 6.04 Å². The third-order valence-corrected chi connectivity index (χ3v) is 2.75. The van der Waals surface area contributed by atoms with E-state index in [0.29, 0.717) is 13.0 Å². The van der Waals surface area contributed by atoms with Gasteiger partial charge in [-0.25, -0.2) is 0 Å². The summed E-state index contributed by atoms with van der Waals surface area (Å²) in [4.78, 5) is 22.9. The zero-order chi connectivity index (χ0) is 15.0. The molecule has 0 saturated heterocycles. The van der Waals surface area contributed by atoms with Gasteiger partial charge in [-0.1, -0.05) is 12.1 Å². The number of nitrogens with one attached hydrogen (secondary N) is 2. The summed E-state index contributed by atoms with van der Waals surface area (Å²) in [6, 6.07) is 5.87. The van der Waals surface area contributed by atoms with Gasteiger partial charge in [-0.05, 0) is 31.0 Å². The molecule has 0 aliphatic carbocycles. The van der Waals surface area contributed by atoms with E-state index in [4.69, 9.17) is 10.8 Å². The number of hydrogen-bond acceptors (Lipinski definition) is 4. The van der Waals surface area contributed by atoms with Crippen molar-refractivity contribution < 1.29 is 14.7 Å². The molecule has 1 rings (SSSR count). The average molecular weight is 279 g/mol. The highest BCUT2D eigenvalue weighted by molar-refractivity contribution is 5.82. The van der Waals surface area contributed by atoms with Crippen LogP contribution < -0.4 is 16.4 Å². The van der Waals surface area contributed by atoms with Crippen LogP contribution in [0.15, 0.2) is 24.3 Å². The fourth-order valence-corrected chi connectivity index (χ4v) is 1.69. The molecule has 2 amide bonds. The van der Waals surface area contributed by atoms with Crippen LogP contribution in [0.25, 0.3) is 0 Å². The van der Waals surface area contributed by atoms with Crippen LogP contribution in [0.5, 0.6) is 5.75 Å². The van der Waals surface area contributed by atoms with Gasteiger partial charge in [0.05, 0.1) is 6.04 Å². The fraction of sp³-hybridized carbons (Fsp3) is 0.429. The van der Waals surface area contributed by atoms with Crippen molar-refractivity contribution in [3.63, 3.8) is 0 Å². The first-order chi connectivity index (χ1) is 9.52. The van der Waals surface area contributed by atoms with Gasteiger partial charge in [0, 0.05) is 19.5 Å². The number of amides is 2. The summed E-state index contributed by atoms with van der Waals surface area (Å²) in [6.07, 6.45) is 0.624. The Morgan fingerprint density at radius 2 is 1.90 bits per heavy atom. The number of aromatic hydroxyl groups is 1. The van der Waals surface area contributed by atoms with E-state index >= 15 is 0 Å². The molecule has 5 N–H and O–H groups in total. The molecule has 0 spiro atoms. The van der Waals surface area contributed by atoms with Gasteiger partial charge in [0.25, 0.3) is 0 Å². The lowest BCUT2D eigenvalue weighted by molar-refractivity contribution is -0.123. The van der Waals surface area contributed by atoms with Crippen LogP contribution in [0.3, 0.4) is 0 Å². The summed E-state index contributed by atoms with van der Waals surface area (Å²) in [5.41, 5.74) is 6.66. The maximum Gasteiger partial charge on any atom is 0.237 e. The van der Waals surface area contributed by atoms with Gasteiger partial charge < -0.3 is 21.5 Å². The number of phenolic OH excluding ortho intramolecular Hbond substituents is 1. The van der Waals surface area contributed by atoms with Crippen LogP contribution in [-0.2, 0) is 16.0 Å². The molecule has 1 atom stereocenters. The first-order valence-corrected chi connectivity index (χ1v) is 6.60. The first-order valence-electron chi connectivity index (χ1n) is 6.60. The molecule has 110 valence electrons. The Labute approximate surface area is 118 Å². The molecule has 1 aromatic carbocycles. The second kappa shape index (κ2) is 8.16. The van der Waals surface area contributed by atoms with Gasteiger partial charge in [0.2, 0.25) is 11.8 Å². The van der Waals surface area contributed by atoms with E-state index in [0.717, 1.165) is 5.56 Å². The van der Waals surface area contributed by atoms with Crippen LogP contribution in [0.2, 0.25) is 0 Å². The molecule has 0 radical (unpaired) electrons. The molecule has 20 heavy (non-hydrogen) atoms. The lowest BCUT2D eigenvalue weighted by atomic mass is 10.1. The quantitative estimate of drug-likeness (QED) is 0.559. The summed E-state index contributed by atoms with van der Waals surface area (Å²) >= 11 is 0. The van der Waals surface area contributed by atoms with Crippen LogP contribution in [0.1, 0.15) is 18.9 Å². The molecule has 0 aliphatic rings. The number of carbonyl (C=O) groups is 2. The Morgan fingerprint density at radius 1 is 1.25 bits per heavy atom. The molecule has 1 aromatic rings. The van der Waals surface area contributed by atoms with Crippen molar-refractivity contribution in [1.29, 1.82) is 0 Å². The standard InChI is InChI=1S/C14H21N3O3/c1-2-16-13(19)7-8-17-14(20)12(15)9-10-3-5-11(18)6-4-10/h3-6,12,18H,2,7-9,15H2,1H3,(H,16,19)(H,17,20)/t12-/m1/s1. The highest BCUT2D eigenvalue weighted by Crippen LogP contribution is 2.10. The van der Waals surface area contributed by atoms with E-state index in [1.807, 2.05) is 6.92 Å². The van der Waals surface area contributed by atoms with Crippen molar-refractivity contribution >= 4 is 11.8 Å². The molecule has 0 aliphatic heterocycles. The molecular weight excluding hydrogens is 258 g/mol. The van der Waals surface area contributed by atoms with Gasteiger partial charge in [-0.3, -0.25) is 9.59 Å². The van der Waals surface area contributed by atoms with E-state index in [2.05, 4.69) is 10.6 Å². The predicted octanol–water partition coefficient (Wildman–Crippen LogP) is -0.0956. The van der Waals surface area contributed by atoms with Gasteiger partial charge in [-0.2, -0.15) is 0 Å². The van der Waals surface area contributed by atoms with Gasteiger partial charge in [-0.15, -0.1) is 0 Å². The highest BCUT2D eigenvalue weighted by Gasteiger charge is 2.14. The number of phenols is 1. The average Bonchev–Trinajstić information content (AvgIpc) is 2.41. The molecule has 0 fully saturated rings. The van der Waals surface area contributed by atoms with Crippen LogP contribution in [-0.4, -0.2) is 36.1 Å². The molecule has 0 bridgehead atoms. The summed E-state index contributed by atoms with van der Waals surface area (Å²) < 4.78 is 0. The number of carbonyl (C=O) groups excluding carboxylic acids is 2. The minimum absolute atomic E-state index is 0.0973. The molecule has 6 nitrogen and oxygen atoms in total. The minimum atomic E-state index is -0.672. The number of benzene rings is 1. The molecule has 0 aromatic heterocycles. The lowest BCUT2D eigenvalue weighted by Gasteiger charge is -2.12. The second-order valence-corrected chi connectivity index (χ2v) is 4.47. The molecule has 0 unspecified atom stereocenters. The van der Waals surface area contributed by atoms with Crippen LogP contribution in [0.4, 0.5) is 0 Å². The van der Waals surface area contributed by atoms with Gasteiger partial charge in [0.1, 0.15) is 5.75 Å². The third kappa shape index (κ3) is 5.71. The zero-order valence-corrected chi connectivity index (χ0v) is 11.6. The Hall–Kier alpha value is -2.08. The van der Waals surface area contributed by atoms with E-state index in [9.17, 15) is 9.59 Å². The Morgan fingerprint density at radius 3 is 2.50 bits per heavy atom. The van der Waals surface area contributed by atoms with Gasteiger partial charge >= 0.3 is 0 Å². The Bertz CT molecular complexity index is 445. The monoisotopic (exact) mass is 279 g/mol. The largest absolute Gasteiger partial charge is 0.508 e. The van der Waals surface area contributed by atoms with Crippen molar-refractivity contribution in [2.24, 2.45) is 5.73 Å². The smallest absolute Gasteiger partial charge is 0.237 e. The van der Waals surface area contributed by atoms with Crippen molar-refractivity contribution in [2.45, 2.75) is 25.8 Å². The Kier molecular flexibility index (Phi) is 6.52. The van der Waals surface area contributed by atoms with E-state index in [1.165, 1.54) is 0 Å². The van der Waals surface area contributed by atoms with Crippen molar-refractivity contribution in [1.82, 2.24) is 10.6 Å². The minimum Gasteiger partial charge on any atom is -0.508 e. The van der Waals surface area contributed by atoms with Crippen molar-refractivity contribution in [2.75, 3.05) is 13.1 Å². The highest BCUT2D eigenvalue weighted by atomic mass is 16.3. The van der Waals surface area contributed by atoms with Crippen LogP contribution in [0, 0.1) is 0 Å². The predicted molar refractivity (Wildman–Crippen MR) is 76.1 cm³/mol. The first kappa shape index (κ1) is 16.0. The number of hydrogen-bond donors (Lipinski definition) is 4. The normalized spacial score (nSPS) is 11.7. The summed E-state index contributed by atoms with van der Waals surface area (Å²) in [5, 5.41) is 14.4. The maximum atomic E-state index is 11.7. The van der Waals surface area contributed by atoms with Crippen LogP contribution >= 0.6 is 0 Å². The molecule has 0 saturated carbocycles. The lowest BCUT2D eigenvalue weighted by Crippen LogP contribution is -2.43. The Balaban J connectivity index is 2.32. The van der Waals surface area contributed by atoms with Gasteiger partial charge in [0.15, 0.2) is 0 Å². The third-order valence-electron chi connectivity index (χ3n) is 2.75. The zero-order valence-electron chi connectivity index (χ0n) is 11.6. The van der Waals surface area contributed by atoms with E-state index in [-0.39, 0.29) is 30.5 Å².